The van der Waals surface area contributed by atoms with E-state index in [4.69, 9.17) is 0 Å². The first-order valence-corrected chi connectivity index (χ1v) is 8.60. The maximum absolute atomic E-state index is 11.3. The van der Waals surface area contributed by atoms with Crippen LogP contribution in [0.25, 0.3) is 0 Å². The number of hydrogen-bond donors (Lipinski definition) is 0. The van der Waals surface area contributed by atoms with Gasteiger partial charge in [0.05, 0.1) is 0 Å². The maximum Gasteiger partial charge on any atom is 0.333 e. The Labute approximate surface area is 108 Å². The summed E-state index contributed by atoms with van der Waals surface area (Å²) in [7, 11) is -2.38. The van der Waals surface area contributed by atoms with Crippen molar-refractivity contribution in [3.8, 4) is 0 Å². The standard InChI is InChI=1S/C9H13NO6S2/c1-18(14,15)17-6-2-3-9(13)16-10-7(11)4-5-8(10)12/h2-6H2,1H3. The highest BCUT2D eigenvalue weighted by Crippen LogP contribution is 2.15. The van der Waals surface area contributed by atoms with Crippen molar-refractivity contribution in [2.75, 3.05) is 12.0 Å². The molecule has 9 heteroatoms. The first kappa shape index (κ1) is 15.0. The van der Waals surface area contributed by atoms with E-state index in [1.165, 1.54) is 0 Å². The monoisotopic (exact) mass is 295 g/mol. The quantitative estimate of drug-likeness (QED) is 0.388. The van der Waals surface area contributed by atoms with Crippen LogP contribution < -0.4 is 0 Å². The fraction of sp³-hybridized carbons (Fsp3) is 0.667. The molecule has 0 spiro atoms. The van der Waals surface area contributed by atoms with Crippen LogP contribution in [0.5, 0.6) is 0 Å². The van der Waals surface area contributed by atoms with E-state index in [9.17, 15) is 22.8 Å². The third-order valence-electron chi connectivity index (χ3n) is 2.02. The zero-order valence-electron chi connectivity index (χ0n) is 9.75. The van der Waals surface area contributed by atoms with Crippen molar-refractivity contribution in [1.29, 1.82) is 0 Å². The number of hydroxylamine groups is 2. The van der Waals surface area contributed by atoms with Crippen LogP contribution in [0.2, 0.25) is 0 Å². The molecule has 1 heterocycles. The highest BCUT2D eigenvalue weighted by Gasteiger charge is 2.32. The molecule has 0 aromatic rings. The van der Waals surface area contributed by atoms with Gasteiger partial charge in [0.1, 0.15) is 0 Å². The molecule has 2 amide bonds. The summed E-state index contributed by atoms with van der Waals surface area (Å²) in [4.78, 5) is 38.1. The van der Waals surface area contributed by atoms with Gasteiger partial charge >= 0.3 is 5.97 Å². The first-order valence-electron chi connectivity index (χ1n) is 5.20. The van der Waals surface area contributed by atoms with Crippen LogP contribution in [-0.2, 0) is 28.1 Å². The molecule has 0 radical (unpaired) electrons. The van der Waals surface area contributed by atoms with Crippen molar-refractivity contribution >= 4 is 37.4 Å². The van der Waals surface area contributed by atoms with Crippen molar-refractivity contribution in [3.63, 3.8) is 0 Å². The Bertz CT molecular complexity index is 442. The summed E-state index contributed by atoms with van der Waals surface area (Å²) in [6.45, 7) is 0. The van der Waals surface area contributed by atoms with Gasteiger partial charge in [0.25, 0.3) is 11.8 Å². The lowest BCUT2D eigenvalue weighted by Crippen LogP contribution is -2.32. The minimum Gasteiger partial charge on any atom is -0.330 e. The van der Waals surface area contributed by atoms with E-state index in [0.29, 0.717) is 11.5 Å². The van der Waals surface area contributed by atoms with E-state index in [-0.39, 0.29) is 25.0 Å². The molecule has 102 valence electrons. The van der Waals surface area contributed by atoms with Crippen LogP contribution in [0.4, 0.5) is 0 Å². The molecule has 1 saturated heterocycles. The zero-order chi connectivity index (χ0) is 13.8. The molecule has 0 N–H and O–H groups in total. The van der Waals surface area contributed by atoms with E-state index in [2.05, 4.69) is 4.84 Å². The minimum atomic E-state index is -3.12. The highest BCUT2D eigenvalue weighted by molar-refractivity contribution is 8.71. The molecular formula is C9H13NO6S2. The van der Waals surface area contributed by atoms with Crippen molar-refractivity contribution in [2.24, 2.45) is 0 Å². The number of amides is 2. The van der Waals surface area contributed by atoms with E-state index in [1.807, 2.05) is 0 Å². The number of imide groups is 1. The fourth-order valence-corrected chi connectivity index (χ4v) is 3.06. The van der Waals surface area contributed by atoms with Crippen LogP contribution in [-0.4, -0.2) is 43.3 Å². The lowest BCUT2D eigenvalue weighted by Gasteiger charge is -2.12. The summed E-state index contributed by atoms with van der Waals surface area (Å²) < 4.78 is 21.6. The van der Waals surface area contributed by atoms with Gasteiger partial charge in [-0.25, -0.2) is 13.2 Å². The van der Waals surface area contributed by atoms with E-state index in [1.54, 1.807) is 0 Å². The third kappa shape index (κ3) is 5.05. The lowest BCUT2D eigenvalue weighted by atomic mass is 10.3. The topological polar surface area (TPSA) is 97.8 Å². The molecular weight excluding hydrogens is 282 g/mol. The van der Waals surface area contributed by atoms with Gasteiger partial charge in [-0.15, -0.1) is 5.06 Å². The number of rotatable bonds is 6. The van der Waals surface area contributed by atoms with Crippen LogP contribution in [0.3, 0.4) is 0 Å². The van der Waals surface area contributed by atoms with Gasteiger partial charge in [-0.2, -0.15) is 0 Å². The predicted octanol–water partition coefficient (Wildman–Crippen LogP) is 0.0666. The largest absolute Gasteiger partial charge is 0.333 e. The van der Waals surface area contributed by atoms with E-state index >= 15 is 0 Å². The molecule has 1 fully saturated rings. The van der Waals surface area contributed by atoms with Gasteiger partial charge in [-0.05, 0) is 17.2 Å². The average molecular weight is 295 g/mol. The second-order valence-electron chi connectivity index (χ2n) is 3.67. The maximum atomic E-state index is 11.3. The lowest BCUT2D eigenvalue weighted by molar-refractivity contribution is -0.197. The normalized spacial score (nSPS) is 16.2. The van der Waals surface area contributed by atoms with Crippen molar-refractivity contribution in [3.05, 3.63) is 0 Å². The SMILES string of the molecule is CS(=O)(=O)SCCCC(=O)ON1C(=O)CCC1=O. The van der Waals surface area contributed by atoms with Gasteiger partial charge in [0.15, 0.2) is 8.87 Å². The Morgan fingerprint density at radius 1 is 1.33 bits per heavy atom. The smallest absolute Gasteiger partial charge is 0.330 e. The van der Waals surface area contributed by atoms with Crippen LogP contribution >= 0.6 is 10.8 Å². The molecule has 1 aliphatic rings. The Morgan fingerprint density at radius 3 is 2.39 bits per heavy atom. The molecule has 7 nitrogen and oxygen atoms in total. The fourth-order valence-electron chi connectivity index (χ4n) is 1.23. The Balaban J connectivity index is 2.26. The number of carbonyl (C=O) groups excluding carboxylic acids is 3. The van der Waals surface area contributed by atoms with Crippen molar-refractivity contribution in [1.82, 2.24) is 5.06 Å². The van der Waals surface area contributed by atoms with E-state index in [0.717, 1.165) is 17.0 Å². The predicted molar refractivity (Wildman–Crippen MR) is 63.7 cm³/mol. The Morgan fingerprint density at radius 2 is 1.89 bits per heavy atom. The summed E-state index contributed by atoms with van der Waals surface area (Å²) in [6, 6.07) is 0. The Kier molecular flexibility index (Phi) is 5.15. The molecule has 18 heavy (non-hydrogen) atoms. The molecule has 0 bridgehead atoms. The number of carbonyl (C=O) groups is 3. The minimum absolute atomic E-state index is 0.0421. The molecule has 0 unspecified atom stereocenters. The molecule has 0 aromatic carbocycles. The summed E-state index contributed by atoms with van der Waals surface area (Å²) in [5.41, 5.74) is 0. The molecule has 0 saturated carbocycles. The zero-order valence-corrected chi connectivity index (χ0v) is 11.4. The number of nitrogens with zero attached hydrogens (tertiary/aromatic N) is 1. The second kappa shape index (κ2) is 6.19. The molecule has 0 aromatic heterocycles. The summed E-state index contributed by atoms with van der Waals surface area (Å²) >= 11 is 0. The summed E-state index contributed by atoms with van der Waals surface area (Å²) in [6.07, 6.45) is 1.44. The number of hydrogen-bond acceptors (Lipinski definition) is 7. The molecule has 1 aliphatic heterocycles. The van der Waals surface area contributed by atoms with Gasteiger partial charge in [0, 0.05) is 31.3 Å². The summed E-state index contributed by atoms with van der Waals surface area (Å²) in [5.74, 6) is -1.51. The molecule has 0 atom stereocenters. The second-order valence-corrected chi connectivity index (χ2v) is 8.25. The first-order chi connectivity index (χ1) is 8.29. The highest BCUT2D eigenvalue weighted by atomic mass is 33.1. The van der Waals surface area contributed by atoms with E-state index < -0.39 is 26.7 Å². The van der Waals surface area contributed by atoms with Gasteiger partial charge in [-0.1, -0.05) is 0 Å². The molecule has 0 aliphatic carbocycles. The van der Waals surface area contributed by atoms with Crippen LogP contribution in [0.1, 0.15) is 25.7 Å². The van der Waals surface area contributed by atoms with Gasteiger partial charge in [-0.3, -0.25) is 9.59 Å². The molecule has 1 rings (SSSR count). The van der Waals surface area contributed by atoms with Crippen molar-refractivity contribution in [2.45, 2.75) is 25.7 Å². The third-order valence-corrected chi connectivity index (χ3v) is 4.69. The Hall–Kier alpha value is -1.09. The van der Waals surface area contributed by atoms with Gasteiger partial charge < -0.3 is 4.84 Å². The summed E-state index contributed by atoms with van der Waals surface area (Å²) in [5, 5.41) is 0.478. The van der Waals surface area contributed by atoms with Gasteiger partial charge in [0.2, 0.25) is 0 Å². The van der Waals surface area contributed by atoms with Crippen molar-refractivity contribution < 1.29 is 27.6 Å². The van der Waals surface area contributed by atoms with Crippen LogP contribution in [0.15, 0.2) is 0 Å². The average Bonchev–Trinajstić information content (AvgIpc) is 2.55. The van der Waals surface area contributed by atoms with Crippen LogP contribution in [0, 0.1) is 0 Å².